The van der Waals surface area contributed by atoms with Crippen molar-refractivity contribution in [3.05, 3.63) is 82.2 Å². The molecule has 4 aliphatic heterocycles. The van der Waals surface area contributed by atoms with Gasteiger partial charge in [0.1, 0.15) is 10.7 Å². The zero-order valence-electron chi connectivity index (χ0n) is 19.6. The molecular weight excluding hydrogens is 466 g/mol. The Morgan fingerprint density at radius 1 is 1.11 bits per heavy atom. The monoisotopic (exact) mass is 497 g/mol. The summed E-state index contributed by atoms with van der Waals surface area (Å²) in [5, 5.41) is 6.06. The van der Waals surface area contributed by atoms with Crippen molar-refractivity contribution >= 4 is 16.0 Å². The Morgan fingerprint density at radius 3 is 2.60 bits per heavy atom. The van der Waals surface area contributed by atoms with Crippen LogP contribution in [0.25, 0.3) is 0 Å². The second kappa shape index (κ2) is 9.98. The van der Waals surface area contributed by atoms with Gasteiger partial charge in [-0.1, -0.05) is 36.4 Å². The molecule has 0 aliphatic carbocycles. The normalized spacial score (nSPS) is 22.4. The third kappa shape index (κ3) is 5.20. The van der Waals surface area contributed by atoms with E-state index >= 15 is 0 Å². The third-order valence-corrected chi connectivity index (χ3v) is 7.79. The van der Waals surface area contributed by atoms with Crippen LogP contribution in [0.1, 0.15) is 12.0 Å². The Bertz CT molecular complexity index is 1200. The van der Waals surface area contributed by atoms with Crippen molar-refractivity contribution in [2.45, 2.75) is 19.0 Å². The van der Waals surface area contributed by atoms with Gasteiger partial charge in [-0.2, -0.15) is 8.42 Å². The predicted octanol–water partition coefficient (Wildman–Crippen LogP) is 1.03. The highest BCUT2D eigenvalue weighted by Gasteiger charge is 2.41. The Kier molecular flexibility index (Phi) is 6.79. The van der Waals surface area contributed by atoms with E-state index in [4.69, 9.17) is 0 Å². The van der Waals surface area contributed by atoms with Gasteiger partial charge in [-0.25, -0.2) is 0 Å². The lowest BCUT2D eigenvalue weighted by Gasteiger charge is -2.34. The average molecular weight is 498 g/mol. The van der Waals surface area contributed by atoms with E-state index in [9.17, 15) is 17.8 Å². The van der Waals surface area contributed by atoms with Gasteiger partial charge in [-0.05, 0) is 36.8 Å². The first-order chi connectivity index (χ1) is 16.9. The largest absolute Gasteiger partial charge is 0.369 e. The number of allylic oxidation sites excluding steroid dienone is 3. The van der Waals surface area contributed by atoms with Gasteiger partial charge in [0.15, 0.2) is 0 Å². The fourth-order valence-electron chi connectivity index (χ4n) is 5.11. The third-order valence-electron chi connectivity index (χ3n) is 6.84. The summed E-state index contributed by atoms with van der Waals surface area (Å²) in [6.45, 7) is 6.80. The molecule has 1 amide bonds. The van der Waals surface area contributed by atoms with Gasteiger partial charge in [0.05, 0.1) is 17.3 Å². The van der Waals surface area contributed by atoms with E-state index in [1.54, 1.807) is 23.1 Å². The fraction of sp³-hybridized carbons (Fsp3) is 0.400. The van der Waals surface area contributed by atoms with Crippen LogP contribution < -0.4 is 10.6 Å². The van der Waals surface area contributed by atoms with E-state index in [1.807, 2.05) is 12.1 Å². The summed E-state index contributed by atoms with van der Waals surface area (Å²) in [5.74, 6) is 0.280. The van der Waals surface area contributed by atoms with Gasteiger partial charge < -0.3 is 20.4 Å². The topological polar surface area (TPSA) is 105 Å². The van der Waals surface area contributed by atoms with Crippen molar-refractivity contribution in [3.63, 3.8) is 0 Å². The summed E-state index contributed by atoms with van der Waals surface area (Å²) >= 11 is 0. The molecule has 10 heteroatoms. The molecule has 9 nitrogen and oxygen atoms in total. The second-order valence-corrected chi connectivity index (χ2v) is 10.6. The number of piperazine rings is 1. The lowest BCUT2D eigenvalue weighted by Crippen LogP contribution is -2.46. The summed E-state index contributed by atoms with van der Waals surface area (Å²) in [6, 6.07) is 10.3. The molecule has 0 saturated carbocycles. The lowest BCUT2D eigenvalue weighted by molar-refractivity contribution is -0.117. The van der Waals surface area contributed by atoms with Crippen LogP contribution in [-0.4, -0.2) is 85.4 Å². The van der Waals surface area contributed by atoms with Crippen molar-refractivity contribution in [2.75, 3.05) is 45.8 Å². The number of hydrogen-bond donors (Lipinski definition) is 3. The number of benzene rings is 1. The van der Waals surface area contributed by atoms with Gasteiger partial charge in [-0.15, -0.1) is 0 Å². The highest BCUT2D eigenvalue weighted by molar-refractivity contribution is 7.90. The first kappa shape index (κ1) is 23.8. The molecule has 4 heterocycles. The zero-order chi connectivity index (χ0) is 24.4. The molecule has 2 saturated heterocycles. The van der Waals surface area contributed by atoms with Crippen LogP contribution in [0, 0.1) is 0 Å². The predicted molar refractivity (Wildman–Crippen MR) is 133 cm³/mol. The fourth-order valence-corrected chi connectivity index (χ4v) is 5.98. The molecule has 0 spiro atoms. The number of hydrogen-bond acceptors (Lipinski definition) is 7. The van der Waals surface area contributed by atoms with Gasteiger partial charge in [0.25, 0.3) is 16.0 Å². The molecule has 1 atom stereocenters. The first-order valence-corrected chi connectivity index (χ1v) is 13.5. The minimum Gasteiger partial charge on any atom is -0.369 e. The van der Waals surface area contributed by atoms with Crippen LogP contribution in [0.15, 0.2) is 76.6 Å². The molecule has 186 valence electrons. The van der Waals surface area contributed by atoms with E-state index in [-0.39, 0.29) is 16.5 Å². The summed E-state index contributed by atoms with van der Waals surface area (Å²) in [7, 11) is -4.60. The Morgan fingerprint density at radius 2 is 1.86 bits per heavy atom. The van der Waals surface area contributed by atoms with E-state index in [2.05, 4.69) is 44.7 Å². The lowest BCUT2D eigenvalue weighted by atomic mass is 10.0. The maximum Gasteiger partial charge on any atom is 0.297 e. The van der Waals surface area contributed by atoms with Crippen molar-refractivity contribution < 1.29 is 17.8 Å². The molecule has 2 fully saturated rings. The number of carbonyl (C=O) groups excluding carboxylic acids is 1. The summed E-state index contributed by atoms with van der Waals surface area (Å²) in [6.07, 6.45) is 7.55. The number of nitrogens with one attached hydrogen (secondary N) is 2. The highest BCUT2D eigenvalue weighted by Crippen LogP contribution is 2.37. The molecule has 0 radical (unpaired) electrons. The van der Waals surface area contributed by atoms with Gasteiger partial charge in [-0.3, -0.25) is 14.2 Å². The number of amides is 1. The molecule has 0 aromatic heterocycles. The van der Waals surface area contributed by atoms with Crippen LogP contribution in [0.3, 0.4) is 0 Å². The standard InChI is InChI=1S/C25H31N5O4S/c31-25(21-16-20-17-27-23-9-4-8-22(30(20)23)24(21)35(32,33)34)26-10-5-11-28-12-14-29(15-13-28)18-19-6-2-1-3-7-19/h1-4,6-9,16,20,27H,5,10-15,17-18H2,(H,26,31)(H,32,33,34). The highest BCUT2D eigenvalue weighted by atomic mass is 32.2. The smallest absolute Gasteiger partial charge is 0.297 e. The molecular formula is C25H31N5O4S. The van der Waals surface area contributed by atoms with Crippen LogP contribution >= 0.6 is 0 Å². The summed E-state index contributed by atoms with van der Waals surface area (Å²) in [5.41, 5.74) is 1.65. The summed E-state index contributed by atoms with van der Waals surface area (Å²) in [4.78, 5) is 19.3. The van der Waals surface area contributed by atoms with Crippen LogP contribution in [0.4, 0.5) is 0 Å². The molecule has 3 N–H and O–H groups in total. The number of rotatable bonds is 8. The average Bonchev–Trinajstić information content (AvgIpc) is 3.27. The maximum absolute atomic E-state index is 13.0. The molecule has 1 unspecified atom stereocenters. The zero-order valence-corrected chi connectivity index (χ0v) is 20.4. The van der Waals surface area contributed by atoms with Gasteiger partial charge >= 0.3 is 0 Å². The molecule has 1 aromatic rings. The van der Waals surface area contributed by atoms with Crippen molar-refractivity contribution in [2.24, 2.45) is 0 Å². The minimum absolute atomic E-state index is 0.00729. The molecule has 1 aromatic carbocycles. The Labute approximate surface area is 206 Å². The van der Waals surface area contributed by atoms with Crippen LogP contribution in [-0.2, 0) is 21.5 Å². The van der Waals surface area contributed by atoms with Crippen molar-refractivity contribution in [3.8, 4) is 0 Å². The van der Waals surface area contributed by atoms with Crippen molar-refractivity contribution in [1.82, 2.24) is 25.3 Å². The quantitative estimate of drug-likeness (QED) is 0.362. The second-order valence-electron chi connectivity index (χ2n) is 9.21. The molecule has 4 aliphatic rings. The number of carbonyl (C=O) groups is 1. The number of nitrogens with zero attached hydrogens (tertiary/aromatic N) is 3. The maximum atomic E-state index is 13.0. The Balaban J connectivity index is 1.13. The van der Waals surface area contributed by atoms with E-state index in [0.29, 0.717) is 18.8 Å². The molecule has 5 rings (SSSR count). The van der Waals surface area contributed by atoms with Crippen LogP contribution in [0.2, 0.25) is 0 Å². The van der Waals surface area contributed by atoms with Crippen LogP contribution in [0.5, 0.6) is 0 Å². The summed E-state index contributed by atoms with van der Waals surface area (Å²) < 4.78 is 34.4. The van der Waals surface area contributed by atoms with E-state index < -0.39 is 16.0 Å². The van der Waals surface area contributed by atoms with Gasteiger partial charge in [0, 0.05) is 45.8 Å². The Hall–Kier alpha value is -2.92. The minimum atomic E-state index is -4.60. The van der Waals surface area contributed by atoms with E-state index in [0.717, 1.165) is 51.5 Å². The van der Waals surface area contributed by atoms with Crippen molar-refractivity contribution in [1.29, 1.82) is 0 Å². The van der Waals surface area contributed by atoms with E-state index in [1.165, 1.54) is 5.56 Å². The first-order valence-electron chi connectivity index (χ1n) is 12.0. The van der Waals surface area contributed by atoms with Gasteiger partial charge in [0.2, 0.25) is 0 Å². The molecule has 35 heavy (non-hydrogen) atoms. The SMILES string of the molecule is O=C(NCCCN1CCN(Cc2ccccc2)CC1)C1=CC2CNC3=CC=CC(=C1S(=O)(=O)O)N32. The molecule has 0 bridgehead atoms.